The van der Waals surface area contributed by atoms with Crippen molar-refractivity contribution < 1.29 is 14.3 Å². The molecule has 3 nitrogen and oxygen atoms in total. The molecule has 172 valence electrons. The molecule has 6 rings (SSSR count). The number of carbonyl (C=O) groups excluding carboxylic acids is 1. The first-order valence-corrected chi connectivity index (χ1v) is 12.1. The van der Waals surface area contributed by atoms with Crippen LogP contribution in [0.2, 0.25) is 0 Å². The lowest BCUT2D eigenvalue weighted by Crippen LogP contribution is -2.17. The highest BCUT2D eigenvalue weighted by Crippen LogP contribution is 2.43. The van der Waals surface area contributed by atoms with Gasteiger partial charge in [-0.15, -0.1) is 0 Å². The molecule has 0 amide bonds. The van der Waals surface area contributed by atoms with Crippen LogP contribution in [-0.4, -0.2) is 13.1 Å². The number of ether oxygens (including phenoxy) is 2. The number of carbonyl (C=O) groups is 1. The van der Waals surface area contributed by atoms with Gasteiger partial charge in [0.2, 0.25) is 0 Å². The number of fused-ring (bicyclic) bond motifs is 3. The Morgan fingerprint density at radius 2 is 1.40 bits per heavy atom. The molecule has 0 bridgehead atoms. The molecule has 35 heavy (non-hydrogen) atoms. The largest absolute Gasteiger partial charge is 0.496 e. The summed E-state index contributed by atoms with van der Waals surface area (Å²) in [6.45, 7) is 0. The van der Waals surface area contributed by atoms with E-state index < -0.39 is 0 Å². The molecule has 0 aromatic heterocycles. The summed E-state index contributed by atoms with van der Waals surface area (Å²) in [6.07, 6.45) is 2.64. The van der Waals surface area contributed by atoms with Crippen molar-refractivity contribution in [2.45, 2.75) is 25.4 Å². The number of hydrogen-bond donors (Lipinski definition) is 0. The van der Waals surface area contributed by atoms with Crippen molar-refractivity contribution in [3.05, 3.63) is 114 Å². The van der Waals surface area contributed by atoms with E-state index in [1.807, 2.05) is 48.5 Å². The number of benzene rings is 5. The minimum absolute atomic E-state index is 0.235. The van der Waals surface area contributed by atoms with E-state index in [1.54, 1.807) is 7.11 Å². The van der Waals surface area contributed by atoms with Gasteiger partial charge in [-0.05, 0) is 64.1 Å². The lowest BCUT2D eigenvalue weighted by molar-refractivity contribution is 0.0257. The SMILES string of the molecule is COc1ccc2ccccc2c1-c1c(C(=O)O[C@@H]2CCCc3ccccc32)ccc2ccccc12. The molecule has 3 heteroatoms. The van der Waals surface area contributed by atoms with Crippen LogP contribution in [0.15, 0.2) is 97.1 Å². The van der Waals surface area contributed by atoms with Gasteiger partial charge in [0.25, 0.3) is 0 Å². The highest BCUT2D eigenvalue weighted by atomic mass is 16.5. The molecule has 0 aliphatic heterocycles. The van der Waals surface area contributed by atoms with Crippen molar-refractivity contribution in [1.29, 1.82) is 0 Å². The number of rotatable bonds is 4. The van der Waals surface area contributed by atoms with Gasteiger partial charge in [-0.3, -0.25) is 0 Å². The average molecular weight is 459 g/mol. The van der Waals surface area contributed by atoms with Crippen molar-refractivity contribution >= 4 is 27.5 Å². The fourth-order valence-electron chi connectivity index (χ4n) is 5.41. The molecule has 0 heterocycles. The summed E-state index contributed by atoms with van der Waals surface area (Å²) in [5.74, 6) is 0.430. The average Bonchev–Trinajstić information content (AvgIpc) is 2.92. The van der Waals surface area contributed by atoms with E-state index in [0.29, 0.717) is 5.56 Å². The van der Waals surface area contributed by atoms with Gasteiger partial charge in [0.1, 0.15) is 11.9 Å². The Kier molecular flexibility index (Phi) is 5.46. The summed E-state index contributed by atoms with van der Waals surface area (Å²) < 4.78 is 12.1. The maximum atomic E-state index is 13.8. The highest BCUT2D eigenvalue weighted by molar-refractivity contribution is 6.14. The van der Waals surface area contributed by atoms with Crippen molar-refractivity contribution in [1.82, 2.24) is 0 Å². The Morgan fingerprint density at radius 3 is 2.17 bits per heavy atom. The highest BCUT2D eigenvalue weighted by Gasteiger charge is 2.27. The lowest BCUT2D eigenvalue weighted by Gasteiger charge is -2.26. The number of methoxy groups -OCH3 is 1. The van der Waals surface area contributed by atoms with Gasteiger partial charge in [-0.25, -0.2) is 4.79 Å². The minimum atomic E-state index is -0.303. The number of hydrogen-bond acceptors (Lipinski definition) is 3. The van der Waals surface area contributed by atoms with Crippen LogP contribution in [0.5, 0.6) is 5.75 Å². The quantitative estimate of drug-likeness (QED) is 0.257. The van der Waals surface area contributed by atoms with Gasteiger partial charge in [0.05, 0.1) is 12.7 Å². The van der Waals surface area contributed by atoms with Gasteiger partial charge in [-0.2, -0.15) is 0 Å². The zero-order valence-electron chi connectivity index (χ0n) is 19.7. The maximum Gasteiger partial charge on any atom is 0.339 e. The first kappa shape index (κ1) is 21.4. The minimum Gasteiger partial charge on any atom is -0.496 e. The van der Waals surface area contributed by atoms with Crippen LogP contribution in [0.1, 0.15) is 40.4 Å². The van der Waals surface area contributed by atoms with E-state index in [4.69, 9.17) is 9.47 Å². The molecule has 0 fully saturated rings. The van der Waals surface area contributed by atoms with E-state index in [0.717, 1.165) is 63.2 Å². The second-order valence-electron chi connectivity index (χ2n) is 9.06. The van der Waals surface area contributed by atoms with Crippen LogP contribution in [0.25, 0.3) is 32.7 Å². The molecule has 0 radical (unpaired) electrons. The zero-order valence-corrected chi connectivity index (χ0v) is 19.7. The summed E-state index contributed by atoms with van der Waals surface area (Å²) in [4.78, 5) is 13.8. The fourth-order valence-corrected chi connectivity index (χ4v) is 5.41. The number of esters is 1. The van der Waals surface area contributed by atoms with Crippen molar-refractivity contribution in [2.75, 3.05) is 7.11 Å². The zero-order chi connectivity index (χ0) is 23.8. The number of aryl methyl sites for hydroxylation is 1. The summed E-state index contributed by atoms with van der Waals surface area (Å²) in [5, 5.41) is 4.20. The van der Waals surface area contributed by atoms with Crippen LogP contribution >= 0.6 is 0 Å². The van der Waals surface area contributed by atoms with Crippen LogP contribution in [-0.2, 0) is 11.2 Å². The van der Waals surface area contributed by atoms with Crippen LogP contribution < -0.4 is 4.74 Å². The van der Waals surface area contributed by atoms with Gasteiger partial charge in [0.15, 0.2) is 0 Å². The summed E-state index contributed by atoms with van der Waals surface area (Å²) in [7, 11) is 1.68. The fraction of sp³-hybridized carbons (Fsp3) is 0.156. The molecule has 1 aliphatic carbocycles. The smallest absolute Gasteiger partial charge is 0.339 e. The van der Waals surface area contributed by atoms with Gasteiger partial charge < -0.3 is 9.47 Å². The van der Waals surface area contributed by atoms with E-state index in [2.05, 4.69) is 48.5 Å². The molecule has 1 atom stereocenters. The molecule has 0 spiro atoms. The monoisotopic (exact) mass is 458 g/mol. The summed E-state index contributed by atoms with van der Waals surface area (Å²) in [6, 6.07) is 32.6. The normalized spacial score (nSPS) is 15.1. The topological polar surface area (TPSA) is 35.5 Å². The van der Waals surface area contributed by atoms with Crippen molar-refractivity contribution in [3.63, 3.8) is 0 Å². The molecule has 1 aliphatic rings. The van der Waals surface area contributed by atoms with Crippen molar-refractivity contribution in [2.24, 2.45) is 0 Å². The molecular formula is C32H26O3. The van der Waals surface area contributed by atoms with Crippen LogP contribution in [0, 0.1) is 0 Å². The Hall–Kier alpha value is -4.11. The first-order valence-electron chi connectivity index (χ1n) is 12.1. The molecule has 5 aromatic carbocycles. The third-order valence-corrected chi connectivity index (χ3v) is 7.07. The summed E-state index contributed by atoms with van der Waals surface area (Å²) in [5.41, 5.74) is 4.72. The van der Waals surface area contributed by atoms with Gasteiger partial charge >= 0.3 is 5.97 Å². The molecule has 0 saturated carbocycles. The predicted octanol–water partition coefficient (Wildman–Crippen LogP) is 7.90. The van der Waals surface area contributed by atoms with Gasteiger partial charge in [0, 0.05) is 11.1 Å². The Labute approximate surface area is 204 Å². The summed E-state index contributed by atoms with van der Waals surface area (Å²) >= 11 is 0. The Balaban J connectivity index is 1.55. The Bertz CT molecular complexity index is 1570. The Morgan fingerprint density at radius 1 is 0.743 bits per heavy atom. The molecule has 0 unspecified atom stereocenters. The van der Waals surface area contributed by atoms with E-state index in [9.17, 15) is 4.79 Å². The molecular weight excluding hydrogens is 432 g/mol. The predicted molar refractivity (Wildman–Crippen MR) is 141 cm³/mol. The molecule has 0 N–H and O–H groups in total. The second-order valence-corrected chi connectivity index (χ2v) is 9.06. The third-order valence-electron chi connectivity index (χ3n) is 7.07. The van der Waals surface area contributed by atoms with E-state index in [-0.39, 0.29) is 12.1 Å². The molecule has 5 aromatic rings. The standard InChI is InChI=1S/C32H26O3/c1-34-29-20-18-23-11-4-7-15-26(23)31(29)30-25-14-6-3-10-22(25)17-19-27(30)32(33)35-28-16-8-12-21-9-2-5-13-24(21)28/h2-7,9-11,13-15,17-20,28H,8,12,16H2,1H3/t28-/m1/s1. The second kappa shape index (κ2) is 8.92. The molecule has 0 saturated heterocycles. The van der Waals surface area contributed by atoms with E-state index >= 15 is 0 Å². The third kappa shape index (κ3) is 3.74. The van der Waals surface area contributed by atoms with E-state index in [1.165, 1.54) is 5.56 Å². The lowest BCUT2D eigenvalue weighted by atomic mass is 9.88. The maximum absolute atomic E-state index is 13.8. The van der Waals surface area contributed by atoms with Crippen LogP contribution in [0.3, 0.4) is 0 Å². The van der Waals surface area contributed by atoms with Crippen molar-refractivity contribution in [3.8, 4) is 16.9 Å². The first-order chi connectivity index (χ1) is 17.2. The van der Waals surface area contributed by atoms with Gasteiger partial charge in [-0.1, -0.05) is 84.9 Å². The van der Waals surface area contributed by atoms with Crippen LogP contribution in [0.4, 0.5) is 0 Å².